The van der Waals surface area contributed by atoms with E-state index in [1.807, 2.05) is 32.3 Å². The molecule has 0 N–H and O–H groups in total. The molecule has 15 heavy (non-hydrogen) atoms. The Labute approximate surface area is 91.0 Å². The summed E-state index contributed by atoms with van der Waals surface area (Å²) in [6.45, 7) is 0. The molecular weight excluding hydrogens is 182 g/mol. The fraction of sp³-hybridized carbons (Fsp3) is 0.143. The Morgan fingerprint density at radius 1 is 0.933 bits per heavy atom. The lowest BCUT2D eigenvalue weighted by molar-refractivity contribution is 1.13. The zero-order chi connectivity index (χ0) is 10.7. The SMILES string of the molecule is CN(C)c1[c]cccc1-c1ccccc1. The number of rotatable bonds is 2. The first kappa shape index (κ1) is 9.78. The molecule has 0 spiro atoms. The summed E-state index contributed by atoms with van der Waals surface area (Å²) in [5.74, 6) is 0. The molecule has 0 saturated carbocycles. The minimum Gasteiger partial charge on any atom is -0.377 e. The molecule has 0 amide bonds. The van der Waals surface area contributed by atoms with Crippen molar-refractivity contribution in [3.05, 3.63) is 54.6 Å². The van der Waals surface area contributed by atoms with Crippen LogP contribution < -0.4 is 4.90 Å². The van der Waals surface area contributed by atoms with Crippen molar-refractivity contribution in [2.24, 2.45) is 0 Å². The fourth-order valence-electron chi connectivity index (χ4n) is 1.65. The summed E-state index contributed by atoms with van der Waals surface area (Å²) >= 11 is 0. The number of para-hydroxylation sites is 1. The van der Waals surface area contributed by atoms with Crippen LogP contribution in [0.25, 0.3) is 11.1 Å². The van der Waals surface area contributed by atoms with Gasteiger partial charge in [0, 0.05) is 25.7 Å². The Morgan fingerprint density at radius 2 is 1.67 bits per heavy atom. The van der Waals surface area contributed by atoms with Crippen molar-refractivity contribution in [2.75, 3.05) is 19.0 Å². The second-order valence-corrected chi connectivity index (χ2v) is 3.69. The van der Waals surface area contributed by atoms with Gasteiger partial charge in [-0.05, 0) is 5.56 Å². The van der Waals surface area contributed by atoms with Gasteiger partial charge in [0.05, 0.1) is 5.69 Å². The van der Waals surface area contributed by atoms with E-state index in [1.54, 1.807) is 0 Å². The maximum Gasteiger partial charge on any atom is 0.0521 e. The molecule has 0 aliphatic heterocycles. The Morgan fingerprint density at radius 3 is 2.33 bits per heavy atom. The highest BCUT2D eigenvalue weighted by Crippen LogP contribution is 2.28. The van der Waals surface area contributed by atoms with E-state index < -0.39 is 0 Å². The highest BCUT2D eigenvalue weighted by molar-refractivity contribution is 5.77. The van der Waals surface area contributed by atoms with Gasteiger partial charge in [0.1, 0.15) is 0 Å². The topological polar surface area (TPSA) is 3.24 Å². The molecule has 0 fully saturated rings. The van der Waals surface area contributed by atoms with Crippen molar-refractivity contribution in [1.29, 1.82) is 0 Å². The van der Waals surface area contributed by atoms with E-state index in [4.69, 9.17) is 0 Å². The van der Waals surface area contributed by atoms with Crippen LogP contribution in [-0.4, -0.2) is 14.1 Å². The predicted octanol–water partition coefficient (Wildman–Crippen LogP) is 3.22. The van der Waals surface area contributed by atoms with Gasteiger partial charge in [-0.3, -0.25) is 0 Å². The van der Waals surface area contributed by atoms with Crippen LogP contribution in [0.3, 0.4) is 0 Å². The van der Waals surface area contributed by atoms with E-state index in [-0.39, 0.29) is 0 Å². The van der Waals surface area contributed by atoms with Crippen LogP contribution in [0.1, 0.15) is 0 Å². The van der Waals surface area contributed by atoms with Crippen LogP contribution in [0, 0.1) is 6.07 Å². The molecule has 0 aliphatic carbocycles. The fourth-order valence-corrected chi connectivity index (χ4v) is 1.65. The monoisotopic (exact) mass is 196 g/mol. The van der Waals surface area contributed by atoms with Crippen molar-refractivity contribution in [3.63, 3.8) is 0 Å². The highest BCUT2D eigenvalue weighted by atomic mass is 15.1. The normalized spacial score (nSPS) is 10.0. The van der Waals surface area contributed by atoms with E-state index in [0.29, 0.717) is 0 Å². The van der Waals surface area contributed by atoms with Crippen LogP contribution >= 0.6 is 0 Å². The van der Waals surface area contributed by atoms with Crippen molar-refractivity contribution >= 4 is 5.69 Å². The lowest BCUT2D eigenvalue weighted by atomic mass is 10.0. The summed E-state index contributed by atoms with van der Waals surface area (Å²) in [5.41, 5.74) is 3.59. The van der Waals surface area contributed by atoms with Crippen LogP contribution in [0.2, 0.25) is 0 Å². The van der Waals surface area contributed by atoms with Gasteiger partial charge >= 0.3 is 0 Å². The molecule has 1 nitrogen and oxygen atoms in total. The number of benzene rings is 2. The van der Waals surface area contributed by atoms with E-state index >= 15 is 0 Å². The number of hydrogen-bond donors (Lipinski definition) is 0. The molecule has 75 valence electrons. The van der Waals surface area contributed by atoms with Crippen LogP contribution in [0.4, 0.5) is 5.69 Å². The van der Waals surface area contributed by atoms with Gasteiger partial charge in [0.15, 0.2) is 0 Å². The van der Waals surface area contributed by atoms with Gasteiger partial charge in [-0.1, -0.05) is 48.5 Å². The first-order valence-corrected chi connectivity index (χ1v) is 5.02. The molecule has 0 saturated heterocycles. The summed E-state index contributed by atoms with van der Waals surface area (Å²) in [7, 11) is 4.08. The average molecular weight is 196 g/mol. The number of anilines is 1. The molecule has 2 rings (SSSR count). The zero-order valence-corrected chi connectivity index (χ0v) is 9.07. The van der Waals surface area contributed by atoms with Gasteiger partial charge in [-0.15, -0.1) is 0 Å². The highest BCUT2D eigenvalue weighted by Gasteiger charge is 2.04. The molecule has 0 aromatic heterocycles. The maximum absolute atomic E-state index is 3.26. The summed E-state index contributed by atoms with van der Waals surface area (Å²) < 4.78 is 0. The second kappa shape index (κ2) is 4.18. The Balaban J connectivity index is 2.53. The number of nitrogens with zero attached hydrogens (tertiary/aromatic N) is 1. The molecule has 0 bridgehead atoms. The second-order valence-electron chi connectivity index (χ2n) is 3.69. The Kier molecular flexibility index (Phi) is 2.72. The summed E-state index contributed by atoms with van der Waals surface area (Å²) in [6.07, 6.45) is 0. The summed E-state index contributed by atoms with van der Waals surface area (Å²) in [6, 6.07) is 19.7. The Bertz CT molecular complexity index is 432. The molecule has 2 aromatic carbocycles. The molecule has 1 heteroatoms. The van der Waals surface area contributed by atoms with Crippen molar-refractivity contribution in [1.82, 2.24) is 0 Å². The van der Waals surface area contributed by atoms with Crippen molar-refractivity contribution in [2.45, 2.75) is 0 Å². The van der Waals surface area contributed by atoms with E-state index in [9.17, 15) is 0 Å². The average Bonchev–Trinajstić information content (AvgIpc) is 2.30. The summed E-state index contributed by atoms with van der Waals surface area (Å²) in [5, 5.41) is 0. The molecule has 2 aromatic rings. The van der Waals surface area contributed by atoms with Gasteiger partial charge in [0.2, 0.25) is 0 Å². The Hall–Kier alpha value is -1.76. The van der Waals surface area contributed by atoms with Crippen LogP contribution in [0.5, 0.6) is 0 Å². The minimum absolute atomic E-state index is 1.13. The molecule has 1 radical (unpaired) electrons. The van der Waals surface area contributed by atoms with E-state index in [2.05, 4.69) is 41.3 Å². The minimum atomic E-state index is 1.13. The van der Waals surface area contributed by atoms with Gasteiger partial charge < -0.3 is 4.90 Å². The predicted molar refractivity (Wildman–Crippen MR) is 65.0 cm³/mol. The molecule has 0 aliphatic rings. The van der Waals surface area contributed by atoms with E-state index in [1.165, 1.54) is 11.1 Å². The van der Waals surface area contributed by atoms with Gasteiger partial charge in [-0.2, -0.15) is 0 Å². The lowest BCUT2D eigenvalue weighted by Crippen LogP contribution is -2.09. The molecule has 0 heterocycles. The van der Waals surface area contributed by atoms with Gasteiger partial charge in [-0.25, -0.2) is 0 Å². The first-order valence-electron chi connectivity index (χ1n) is 5.02. The molecule has 0 unspecified atom stereocenters. The van der Waals surface area contributed by atoms with Gasteiger partial charge in [0.25, 0.3) is 0 Å². The number of hydrogen-bond acceptors (Lipinski definition) is 1. The smallest absolute Gasteiger partial charge is 0.0521 e. The lowest BCUT2D eigenvalue weighted by Gasteiger charge is -2.16. The zero-order valence-electron chi connectivity index (χ0n) is 9.07. The summed E-state index contributed by atoms with van der Waals surface area (Å²) in [4.78, 5) is 2.09. The molecule has 0 atom stereocenters. The first-order chi connectivity index (χ1) is 7.29. The van der Waals surface area contributed by atoms with Crippen molar-refractivity contribution in [3.8, 4) is 11.1 Å². The maximum atomic E-state index is 3.26. The van der Waals surface area contributed by atoms with E-state index in [0.717, 1.165) is 5.69 Å². The third-order valence-corrected chi connectivity index (χ3v) is 2.37. The standard InChI is InChI=1S/C14H14N/c1-15(2)14-11-7-6-10-13(14)12-8-4-3-5-9-12/h3-10H,1-2H3. The quantitative estimate of drug-likeness (QED) is 0.712. The third kappa shape index (κ3) is 2.01. The largest absolute Gasteiger partial charge is 0.377 e. The third-order valence-electron chi connectivity index (χ3n) is 2.37. The van der Waals surface area contributed by atoms with Crippen LogP contribution in [0.15, 0.2) is 48.5 Å². The van der Waals surface area contributed by atoms with Crippen LogP contribution in [-0.2, 0) is 0 Å². The van der Waals surface area contributed by atoms with Crippen molar-refractivity contribution < 1.29 is 0 Å². The molecular formula is C14H14N.